The zero-order valence-electron chi connectivity index (χ0n) is 12.3. The van der Waals surface area contributed by atoms with E-state index < -0.39 is 27.6 Å². The maximum absolute atomic E-state index is 11.8. The molecule has 0 saturated heterocycles. The molecule has 0 aromatic heterocycles. The number of urea groups is 1. The molecule has 8 nitrogen and oxygen atoms in total. The molecule has 0 spiro atoms. The summed E-state index contributed by atoms with van der Waals surface area (Å²) in [5.41, 5.74) is -0.824. The normalized spacial score (nSPS) is 12.0. The van der Waals surface area contributed by atoms with Crippen LogP contribution in [0.15, 0.2) is 0 Å². The van der Waals surface area contributed by atoms with E-state index in [2.05, 4.69) is 10.0 Å². The van der Waals surface area contributed by atoms with Gasteiger partial charge in [0.25, 0.3) is 0 Å². The second kappa shape index (κ2) is 7.44. The van der Waals surface area contributed by atoms with Gasteiger partial charge in [0.05, 0.1) is 12.7 Å². The average molecular weight is 309 g/mol. The number of nitrogens with zero attached hydrogens (tertiary/aromatic N) is 1. The van der Waals surface area contributed by atoms with Gasteiger partial charge in [0.1, 0.15) is 0 Å². The zero-order valence-corrected chi connectivity index (χ0v) is 13.1. The number of hydrogen-bond donors (Lipinski definition) is 3. The van der Waals surface area contributed by atoms with Crippen molar-refractivity contribution in [2.24, 2.45) is 0 Å². The monoisotopic (exact) mass is 309 g/mol. The summed E-state index contributed by atoms with van der Waals surface area (Å²) in [7, 11) is -3.37. The van der Waals surface area contributed by atoms with Crippen LogP contribution < -0.4 is 10.0 Å². The Labute approximate surface area is 119 Å². The molecule has 0 fully saturated rings. The van der Waals surface area contributed by atoms with Crippen LogP contribution in [-0.2, 0) is 14.8 Å². The SMILES string of the molecule is CCN(CCC(=O)O)C(=O)NCC(C)(C)NS(C)(=O)=O. The summed E-state index contributed by atoms with van der Waals surface area (Å²) in [6.07, 6.45) is 0.911. The molecule has 0 radical (unpaired) electrons. The Morgan fingerprint density at radius 3 is 2.25 bits per heavy atom. The highest BCUT2D eigenvalue weighted by molar-refractivity contribution is 7.88. The van der Waals surface area contributed by atoms with Crippen molar-refractivity contribution in [2.45, 2.75) is 32.7 Å². The van der Waals surface area contributed by atoms with Gasteiger partial charge in [-0.25, -0.2) is 17.9 Å². The number of sulfonamides is 1. The molecule has 0 aromatic rings. The number of hydrogen-bond acceptors (Lipinski definition) is 4. The topological polar surface area (TPSA) is 116 Å². The van der Waals surface area contributed by atoms with E-state index in [0.29, 0.717) is 6.54 Å². The standard InChI is InChI=1S/C11H23N3O5S/c1-5-14(7-6-9(15)16)10(17)12-8-11(2,3)13-20(4,18)19/h13H,5-8H2,1-4H3,(H,12,17)(H,15,16). The fourth-order valence-corrected chi connectivity index (χ4v) is 2.66. The van der Waals surface area contributed by atoms with Crippen molar-refractivity contribution >= 4 is 22.0 Å². The number of rotatable bonds is 8. The quantitative estimate of drug-likeness (QED) is 0.575. The molecular weight excluding hydrogens is 286 g/mol. The summed E-state index contributed by atoms with van der Waals surface area (Å²) in [6.45, 7) is 5.60. The molecule has 3 N–H and O–H groups in total. The Bertz CT molecular complexity index is 447. The number of carbonyl (C=O) groups is 2. The lowest BCUT2D eigenvalue weighted by Crippen LogP contribution is -2.53. The van der Waals surface area contributed by atoms with Crippen LogP contribution in [-0.4, -0.2) is 61.9 Å². The van der Waals surface area contributed by atoms with Crippen LogP contribution in [0.5, 0.6) is 0 Å². The molecule has 0 saturated carbocycles. The molecule has 118 valence electrons. The van der Waals surface area contributed by atoms with Crippen molar-refractivity contribution in [1.82, 2.24) is 14.9 Å². The minimum absolute atomic E-state index is 0.0997. The van der Waals surface area contributed by atoms with Crippen molar-refractivity contribution < 1.29 is 23.1 Å². The van der Waals surface area contributed by atoms with Crippen LogP contribution in [0, 0.1) is 0 Å². The highest BCUT2D eigenvalue weighted by atomic mass is 32.2. The van der Waals surface area contributed by atoms with Crippen LogP contribution in [0.2, 0.25) is 0 Å². The number of amides is 2. The van der Waals surface area contributed by atoms with Crippen LogP contribution in [0.1, 0.15) is 27.2 Å². The summed E-state index contributed by atoms with van der Waals surface area (Å²) in [5.74, 6) is -0.977. The molecule has 20 heavy (non-hydrogen) atoms. The predicted octanol–water partition coefficient (Wildman–Crippen LogP) is -0.180. The van der Waals surface area contributed by atoms with E-state index in [4.69, 9.17) is 5.11 Å². The van der Waals surface area contributed by atoms with Gasteiger partial charge in [0, 0.05) is 25.2 Å². The second-order valence-corrected chi connectivity index (χ2v) is 6.89. The molecule has 0 aromatic carbocycles. The van der Waals surface area contributed by atoms with Crippen molar-refractivity contribution in [3.05, 3.63) is 0 Å². The molecule has 0 aliphatic rings. The molecule has 0 bridgehead atoms. The van der Waals surface area contributed by atoms with Gasteiger partial charge in [0.2, 0.25) is 10.0 Å². The summed E-state index contributed by atoms with van der Waals surface area (Å²) in [6, 6.07) is -0.419. The average Bonchev–Trinajstić information content (AvgIpc) is 2.23. The van der Waals surface area contributed by atoms with Gasteiger partial charge in [-0.1, -0.05) is 0 Å². The number of carbonyl (C=O) groups excluding carboxylic acids is 1. The minimum atomic E-state index is -3.37. The van der Waals surface area contributed by atoms with Crippen molar-refractivity contribution in [3.63, 3.8) is 0 Å². The number of aliphatic carboxylic acids is 1. The summed E-state index contributed by atoms with van der Waals surface area (Å²) in [4.78, 5) is 23.7. The third kappa shape index (κ3) is 8.70. The maximum Gasteiger partial charge on any atom is 0.317 e. The van der Waals surface area contributed by atoms with Gasteiger partial charge in [-0.3, -0.25) is 4.79 Å². The summed E-state index contributed by atoms with van der Waals surface area (Å²) < 4.78 is 24.7. The Kier molecular flexibility index (Phi) is 6.94. The van der Waals surface area contributed by atoms with E-state index >= 15 is 0 Å². The number of nitrogens with one attached hydrogen (secondary N) is 2. The fraction of sp³-hybridized carbons (Fsp3) is 0.818. The van der Waals surface area contributed by atoms with Crippen LogP contribution >= 0.6 is 0 Å². The molecule has 0 unspecified atom stereocenters. The Hall–Kier alpha value is -1.35. The smallest absolute Gasteiger partial charge is 0.317 e. The first kappa shape index (κ1) is 18.7. The molecule has 9 heteroatoms. The van der Waals surface area contributed by atoms with E-state index in [0.717, 1.165) is 6.26 Å². The van der Waals surface area contributed by atoms with E-state index in [1.54, 1.807) is 20.8 Å². The van der Waals surface area contributed by atoms with Gasteiger partial charge in [-0.05, 0) is 20.8 Å². The van der Waals surface area contributed by atoms with Gasteiger partial charge in [0.15, 0.2) is 0 Å². The molecule has 0 heterocycles. The molecule has 2 amide bonds. The first-order valence-corrected chi connectivity index (χ1v) is 8.09. The predicted molar refractivity (Wildman–Crippen MR) is 75.0 cm³/mol. The molecule has 0 aliphatic heterocycles. The highest BCUT2D eigenvalue weighted by Gasteiger charge is 2.23. The van der Waals surface area contributed by atoms with Gasteiger partial charge in [-0.2, -0.15) is 0 Å². The molecule has 0 rings (SSSR count). The summed E-state index contributed by atoms with van der Waals surface area (Å²) in [5, 5.41) is 11.2. The number of carboxylic acid groups (broad SMARTS) is 1. The lowest BCUT2D eigenvalue weighted by molar-refractivity contribution is -0.137. The van der Waals surface area contributed by atoms with Gasteiger partial charge in [-0.15, -0.1) is 0 Å². The van der Waals surface area contributed by atoms with Crippen LogP contribution in [0.4, 0.5) is 4.79 Å². The Morgan fingerprint density at radius 2 is 1.85 bits per heavy atom. The highest BCUT2D eigenvalue weighted by Crippen LogP contribution is 2.03. The van der Waals surface area contributed by atoms with Gasteiger partial charge >= 0.3 is 12.0 Å². The largest absolute Gasteiger partial charge is 0.481 e. The van der Waals surface area contributed by atoms with E-state index in [9.17, 15) is 18.0 Å². The third-order valence-electron chi connectivity index (χ3n) is 2.41. The van der Waals surface area contributed by atoms with E-state index in [1.807, 2.05) is 0 Å². The van der Waals surface area contributed by atoms with Crippen molar-refractivity contribution in [1.29, 1.82) is 0 Å². The lowest BCUT2D eigenvalue weighted by Gasteiger charge is -2.27. The third-order valence-corrected chi connectivity index (χ3v) is 3.33. The Balaban J connectivity index is 4.41. The fourth-order valence-electron chi connectivity index (χ4n) is 1.58. The minimum Gasteiger partial charge on any atom is -0.481 e. The number of carboxylic acids is 1. The Morgan fingerprint density at radius 1 is 1.30 bits per heavy atom. The van der Waals surface area contributed by atoms with Crippen LogP contribution in [0.3, 0.4) is 0 Å². The summed E-state index contributed by atoms with van der Waals surface area (Å²) >= 11 is 0. The second-order valence-electron chi connectivity index (χ2n) is 5.14. The molecule has 0 atom stereocenters. The van der Waals surface area contributed by atoms with E-state index in [1.165, 1.54) is 4.90 Å². The first-order valence-electron chi connectivity index (χ1n) is 6.20. The van der Waals surface area contributed by atoms with Crippen LogP contribution in [0.25, 0.3) is 0 Å². The molecule has 0 aliphatic carbocycles. The lowest BCUT2D eigenvalue weighted by atomic mass is 10.1. The maximum atomic E-state index is 11.8. The van der Waals surface area contributed by atoms with Crippen molar-refractivity contribution in [3.8, 4) is 0 Å². The van der Waals surface area contributed by atoms with Crippen molar-refractivity contribution in [2.75, 3.05) is 25.9 Å². The first-order chi connectivity index (χ1) is 8.97. The van der Waals surface area contributed by atoms with Gasteiger partial charge < -0.3 is 15.3 Å². The van der Waals surface area contributed by atoms with E-state index in [-0.39, 0.29) is 19.5 Å². The zero-order chi connectivity index (χ0) is 16.0. The molecular formula is C11H23N3O5S.